The third-order valence-electron chi connectivity index (χ3n) is 5.41. The van der Waals surface area contributed by atoms with Crippen LogP contribution in [0.15, 0.2) is 0 Å². The molecular formula is C23H48O8. The predicted molar refractivity (Wildman–Crippen MR) is 120 cm³/mol. The maximum Gasteiger partial charge on any atom is 0.154 e. The van der Waals surface area contributed by atoms with Crippen molar-refractivity contribution in [3.8, 4) is 0 Å². The van der Waals surface area contributed by atoms with E-state index in [0.717, 1.165) is 64.2 Å². The van der Waals surface area contributed by atoms with Crippen LogP contribution in [0.2, 0.25) is 0 Å². The molecule has 0 rings (SSSR count). The Bertz CT molecular complexity index is 371. The Morgan fingerprint density at radius 3 is 1.81 bits per heavy atom. The van der Waals surface area contributed by atoms with E-state index in [9.17, 15) is 10.2 Å². The second kappa shape index (κ2) is 21.5. The Kier molecular flexibility index (Phi) is 21.3. The Labute approximate surface area is 188 Å². The van der Waals surface area contributed by atoms with Gasteiger partial charge >= 0.3 is 0 Å². The molecule has 0 aromatic heterocycles. The van der Waals surface area contributed by atoms with E-state index in [-0.39, 0.29) is 26.4 Å². The number of ether oxygens (including phenoxy) is 3. The Morgan fingerprint density at radius 1 is 0.677 bits per heavy atom. The first-order valence-electron chi connectivity index (χ1n) is 12.0. The van der Waals surface area contributed by atoms with Crippen LogP contribution in [0.4, 0.5) is 0 Å². The number of aliphatic hydroxyl groups excluding tert-OH is 5. The summed E-state index contributed by atoms with van der Waals surface area (Å²) in [7, 11) is 0. The Hall–Kier alpha value is -0.320. The molecule has 0 radical (unpaired) electrons. The molecule has 8 heteroatoms. The normalized spacial score (nSPS) is 15.7. The van der Waals surface area contributed by atoms with Gasteiger partial charge < -0.3 is 39.7 Å². The van der Waals surface area contributed by atoms with Crippen molar-refractivity contribution >= 4 is 0 Å². The van der Waals surface area contributed by atoms with Crippen molar-refractivity contribution in [1.29, 1.82) is 0 Å². The fraction of sp³-hybridized carbons (Fsp3) is 1.00. The lowest BCUT2D eigenvalue weighted by Crippen LogP contribution is -2.46. The van der Waals surface area contributed by atoms with E-state index in [1.807, 2.05) is 6.92 Å². The van der Waals surface area contributed by atoms with Crippen molar-refractivity contribution in [2.75, 3.05) is 46.2 Å². The first-order valence-corrected chi connectivity index (χ1v) is 12.0. The summed E-state index contributed by atoms with van der Waals surface area (Å²) in [4.78, 5) is 0. The van der Waals surface area contributed by atoms with E-state index in [0.29, 0.717) is 32.7 Å². The zero-order valence-electron chi connectivity index (χ0n) is 19.6. The molecule has 0 aliphatic carbocycles. The summed E-state index contributed by atoms with van der Waals surface area (Å²) >= 11 is 0. The molecule has 0 saturated heterocycles. The van der Waals surface area contributed by atoms with Crippen LogP contribution in [0.25, 0.3) is 0 Å². The fourth-order valence-electron chi connectivity index (χ4n) is 3.18. The average Bonchev–Trinajstić information content (AvgIpc) is 2.76. The second-order valence-electron chi connectivity index (χ2n) is 8.32. The van der Waals surface area contributed by atoms with E-state index < -0.39 is 18.0 Å². The van der Waals surface area contributed by atoms with Crippen LogP contribution in [-0.4, -0.2) is 89.8 Å². The van der Waals surface area contributed by atoms with Crippen molar-refractivity contribution in [2.24, 2.45) is 0 Å². The molecule has 0 spiro atoms. The van der Waals surface area contributed by atoms with Crippen molar-refractivity contribution in [3.05, 3.63) is 0 Å². The number of unbranched alkanes of at least 4 members (excludes halogenated alkanes) is 7. The molecule has 31 heavy (non-hydrogen) atoms. The maximum absolute atomic E-state index is 10.7. The van der Waals surface area contributed by atoms with Crippen molar-refractivity contribution in [3.63, 3.8) is 0 Å². The van der Waals surface area contributed by atoms with Gasteiger partial charge in [-0.05, 0) is 64.7 Å². The van der Waals surface area contributed by atoms with Gasteiger partial charge in [0.25, 0.3) is 0 Å². The Morgan fingerprint density at radius 2 is 1.19 bits per heavy atom. The minimum Gasteiger partial charge on any atom is -0.396 e. The quantitative estimate of drug-likeness (QED) is 0.111. The van der Waals surface area contributed by atoms with Crippen LogP contribution in [0.1, 0.15) is 84.0 Å². The van der Waals surface area contributed by atoms with E-state index >= 15 is 0 Å². The standard InChI is InChI=1S/C23H48O8/c1-23(31-19-11-3-2-6-14-24,21(27)20-29-17-9-4-7-15-25)13-12-22(28)30-18-10-5-8-16-26/h21-22,24-28H,2-20H2,1H3. The molecule has 5 N–H and O–H groups in total. The van der Waals surface area contributed by atoms with Gasteiger partial charge in [-0.1, -0.05) is 12.8 Å². The summed E-state index contributed by atoms with van der Waals surface area (Å²) in [5, 5.41) is 47.3. The van der Waals surface area contributed by atoms with Gasteiger partial charge in [-0.2, -0.15) is 0 Å². The molecule has 0 aliphatic heterocycles. The molecule has 0 aromatic rings. The fourth-order valence-corrected chi connectivity index (χ4v) is 3.18. The summed E-state index contributed by atoms with van der Waals surface area (Å²) in [6.07, 6.45) is 7.37. The van der Waals surface area contributed by atoms with E-state index in [1.54, 1.807) is 0 Å². The lowest BCUT2D eigenvalue weighted by atomic mass is 9.93. The van der Waals surface area contributed by atoms with Crippen LogP contribution in [-0.2, 0) is 14.2 Å². The molecule has 0 aliphatic rings. The number of rotatable bonds is 24. The number of hydrogen-bond acceptors (Lipinski definition) is 8. The van der Waals surface area contributed by atoms with Crippen molar-refractivity contribution in [1.82, 2.24) is 0 Å². The lowest BCUT2D eigenvalue weighted by molar-refractivity contribution is -0.159. The molecule has 0 aromatic carbocycles. The van der Waals surface area contributed by atoms with Crippen LogP contribution < -0.4 is 0 Å². The molecule has 3 unspecified atom stereocenters. The van der Waals surface area contributed by atoms with Crippen LogP contribution >= 0.6 is 0 Å². The van der Waals surface area contributed by atoms with Gasteiger partial charge in [-0.3, -0.25) is 0 Å². The minimum atomic E-state index is -0.923. The summed E-state index contributed by atoms with van der Waals surface area (Å²) in [6, 6.07) is 0. The SMILES string of the molecule is CC(CCC(O)OCCCCCO)(OCCCCCCO)C(O)COCCCCCO. The number of aliphatic hydroxyl groups is 5. The molecule has 3 atom stereocenters. The zero-order valence-corrected chi connectivity index (χ0v) is 19.6. The molecular weight excluding hydrogens is 404 g/mol. The molecule has 8 nitrogen and oxygen atoms in total. The molecule has 0 fully saturated rings. The smallest absolute Gasteiger partial charge is 0.154 e. The van der Waals surface area contributed by atoms with E-state index in [4.69, 9.17) is 29.5 Å². The predicted octanol–water partition coefficient (Wildman–Crippen LogP) is 2.13. The highest BCUT2D eigenvalue weighted by Gasteiger charge is 2.34. The molecule has 0 heterocycles. The van der Waals surface area contributed by atoms with Crippen LogP contribution in [0, 0.1) is 0 Å². The highest BCUT2D eigenvalue weighted by atomic mass is 16.6. The van der Waals surface area contributed by atoms with E-state index in [1.165, 1.54) is 0 Å². The van der Waals surface area contributed by atoms with Crippen molar-refractivity contribution < 1.29 is 39.7 Å². The monoisotopic (exact) mass is 452 g/mol. The molecule has 0 amide bonds. The van der Waals surface area contributed by atoms with Gasteiger partial charge in [0.2, 0.25) is 0 Å². The third kappa shape index (κ3) is 17.9. The van der Waals surface area contributed by atoms with Crippen molar-refractivity contribution in [2.45, 2.75) is 102 Å². The van der Waals surface area contributed by atoms with Gasteiger partial charge in [-0.15, -0.1) is 0 Å². The average molecular weight is 453 g/mol. The number of hydrogen-bond donors (Lipinski definition) is 5. The molecule has 0 saturated carbocycles. The van der Waals surface area contributed by atoms with E-state index in [2.05, 4.69) is 0 Å². The van der Waals surface area contributed by atoms with Crippen LogP contribution in [0.3, 0.4) is 0 Å². The summed E-state index contributed by atoms with van der Waals surface area (Å²) in [5.41, 5.74) is -0.858. The third-order valence-corrected chi connectivity index (χ3v) is 5.41. The highest BCUT2D eigenvalue weighted by Crippen LogP contribution is 2.25. The summed E-state index contributed by atoms with van der Waals surface area (Å²) < 4.78 is 17.1. The first-order chi connectivity index (χ1) is 15.0. The summed E-state index contributed by atoms with van der Waals surface area (Å²) in [6.45, 7) is 3.99. The minimum absolute atomic E-state index is 0.151. The van der Waals surface area contributed by atoms with Gasteiger partial charge in [0.1, 0.15) is 6.10 Å². The largest absolute Gasteiger partial charge is 0.396 e. The summed E-state index contributed by atoms with van der Waals surface area (Å²) in [5.74, 6) is 0. The van der Waals surface area contributed by atoms with Gasteiger partial charge in [0.05, 0.1) is 12.2 Å². The van der Waals surface area contributed by atoms with Gasteiger partial charge in [0, 0.05) is 46.1 Å². The highest BCUT2D eigenvalue weighted by molar-refractivity contribution is 4.84. The molecule has 0 bridgehead atoms. The molecule has 188 valence electrons. The van der Waals surface area contributed by atoms with Crippen LogP contribution in [0.5, 0.6) is 0 Å². The maximum atomic E-state index is 10.7. The zero-order chi connectivity index (χ0) is 23.2. The first kappa shape index (κ1) is 30.7. The second-order valence-corrected chi connectivity index (χ2v) is 8.32. The Balaban J connectivity index is 4.42. The topological polar surface area (TPSA) is 129 Å². The lowest BCUT2D eigenvalue weighted by Gasteiger charge is -2.35. The van der Waals surface area contributed by atoms with Gasteiger partial charge in [-0.25, -0.2) is 0 Å². The van der Waals surface area contributed by atoms with Gasteiger partial charge in [0.15, 0.2) is 6.29 Å².